The summed E-state index contributed by atoms with van der Waals surface area (Å²) < 4.78 is 0. The standard InChI is InChI=1S/C24H26N2/c1-19-18-25-22(17-24(19)26-15-6-2-3-7-16-26)14-13-21-11-8-10-20-9-4-5-12-23(20)21/h4-5,8-14,17-18H,2-3,6-7,15-16H2,1H3/b14-13+. The molecule has 0 N–H and O–H groups in total. The van der Waals surface area contributed by atoms with Gasteiger partial charge in [-0.15, -0.1) is 0 Å². The molecular formula is C24H26N2. The summed E-state index contributed by atoms with van der Waals surface area (Å²) in [6.45, 7) is 4.50. The van der Waals surface area contributed by atoms with E-state index in [2.05, 4.69) is 77.5 Å². The third-order valence-electron chi connectivity index (χ3n) is 5.30. The molecule has 0 aliphatic carbocycles. The van der Waals surface area contributed by atoms with Crippen LogP contribution < -0.4 is 4.90 Å². The van der Waals surface area contributed by atoms with Crippen LogP contribution in [0.4, 0.5) is 5.69 Å². The number of hydrogen-bond acceptors (Lipinski definition) is 2. The molecule has 1 saturated heterocycles. The molecule has 0 bridgehead atoms. The topological polar surface area (TPSA) is 16.1 Å². The van der Waals surface area contributed by atoms with E-state index in [-0.39, 0.29) is 0 Å². The molecule has 1 aromatic heterocycles. The maximum atomic E-state index is 4.64. The van der Waals surface area contributed by atoms with Gasteiger partial charge in [-0.25, -0.2) is 0 Å². The van der Waals surface area contributed by atoms with Gasteiger partial charge in [0.1, 0.15) is 0 Å². The summed E-state index contributed by atoms with van der Waals surface area (Å²) in [4.78, 5) is 7.18. The third-order valence-corrected chi connectivity index (χ3v) is 5.30. The Kier molecular flexibility index (Phi) is 5.01. The fraction of sp³-hybridized carbons (Fsp3) is 0.292. The first kappa shape index (κ1) is 16.8. The average Bonchev–Trinajstić information content (AvgIpc) is 2.97. The molecule has 0 atom stereocenters. The summed E-state index contributed by atoms with van der Waals surface area (Å²) >= 11 is 0. The lowest BCUT2D eigenvalue weighted by Gasteiger charge is -2.24. The van der Waals surface area contributed by atoms with E-state index in [4.69, 9.17) is 0 Å². The molecule has 3 aromatic rings. The Labute approximate surface area is 156 Å². The molecule has 0 spiro atoms. The van der Waals surface area contributed by atoms with Crippen LogP contribution in [0.25, 0.3) is 22.9 Å². The van der Waals surface area contributed by atoms with Crippen molar-refractivity contribution in [1.82, 2.24) is 4.98 Å². The normalized spacial score (nSPS) is 15.5. The monoisotopic (exact) mass is 342 g/mol. The van der Waals surface area contributed by atoms with E-state index in [9.17, 15) is 0 Å². The van der Waals surface area contributed by atoms with Crippen LogP contribution in [0.15, 0.2) is 54.7 Å². The molecule has 1 aliphatic rings. The Morgan fingerprint density at radius 3 is 2.50 bits per heavy atom. The molecule has 2 heteroatoms. The SMILES string of the molecule is Cc1cnc(/C=C/c2cccc3ccccc23)cc1N1CCCCCC1. The van der Waals surface area contributed by atoms with Crippen molar-refractivity contribution in [1.29, 1.82) is 0 Å². The molecule has 0 radical (unpaired) electrons. The summed E-state index contributed by atoms with van der Waals surface area (Å²) in [7, 11) is 0. The van der Waals surface area contributed by atoms with Gasteiger partial charge in [-0.2, -0.15) is 0 Å². The van der Waals surface area contributed by atoms with Crippen molar-refractivity contribution >= 4 is 28.6 Å². The number of hydrogen-bond donors (Lipinski definition) is 0. The molecule has 2 heterocycles. The van der Waals surface area contributed by atoms with Crippen LogP contribution in [-0.2, 0) is 0 Å². The molecule has 132 valence electrons. The van der Waals surface area contributed by atoms with Gasteiger partial charge in [-0.1, -0.05) is 61.4 Å². The second-order valence-electron chi connectivity index (χ2n) is 7.20. The lowest BCUT2D eigenvalue weighted by molar-refractivity contribution is 0.726. The summed E-state index contributed by atoms with van der Waals surface area (Å²) in [5, 5.41) is 2.56. The van der Waals surface area contributed by atoms with Gasteiger partial charge in [0.15, 0.2) is 0 Å². The lowest BCUT2D eigenvalue weighted by Crippen LogP contribution is -2.24. The predicted octanol–water partition coefficient (Wildman–Crippen LogP) is 6.09. The van der Waals surface area contributed by atoms with Crippen molar-refractivity contribution in [3.05, 3.63) is 71.5 Å². The van der Waals surface area contributed by atoms with Crippen LogP contribution in [0.3, 0.4) is 0 Å². The number of fused-ring (bicyclic) bond motifs is 1. The highest BCUT2D eigenvalue weighted by Crippen LogP contribution is 2.25. The van der Waals surface area contributed by atoms with E-state index < -0.39 is 0 Å². The van der Waals surface area contributed by atoms with Crippen LogP contribution in [-0.4, -0.2) is 18.1 Å². The van der Waals surface area contributed by atoms with Gasteiger partial charge < -0.3 is 4.90 Å². The molecule has 26 heavy (non-hydrogen) atoms. The third kappa shape index (κ3) is 3.65. The number of aryl methyl sites for hydroxylation is 1. The van der Waals surface area contributed by atoms with Crippen molar-refractivity contribution in [2.24, 2.45) is 0 Å². The highest BCUT2D eigenvalue weighted by Gasteiger charge is 2.12. The minimum atomic E-state index is 1.03. The van der Waals surface area contributed by atoms with Gasteiger partial charge in [0.05, 0.1) is 5.69 Å². The fourth-order valence-electron chi connectivity index (χ4n) is 3.84. The second-order valence-corrected chi connectivity index (χ2v) is 7.20. The van der Waals surface area contributed by atoms with Crippen LogP contribution in [0.5, 0.6) is 0 Å². The first-order valence-electron chi connectivity index (χ1n) is 9.69. The summed E-state index contributed by atoms with van der Waals surface area (Å²) in [6.07, 6.45) is 11.6. The summed E-state index contributed by atoms with van der Waals surface area (Å²) in [5.74, 6) is 0. The van der Waals surface area contributed by atoms with E-state index in [0.717, 1.165) is 18.8 Å². The zero-order chi connectivity index (χ0) is 17.8. The molecule has 1 fully saturated rings. The van der Waals surface area contributed by atoms with Crippen molar-refractivity contribution in [2.45, 2.75) is 32.6 Å². The van der Waals surface area contributed by atoms with Crippen molar-refractivity contribution in [3.63, 3.8) is 0 Å². The average molecular weight is 342 g/mol. The Morgan fingerprint density at radius 1 is 0.885 bits per heavy atom. The van der Waals surface area contributed by atoms with E-state index in [1.807, 2.05) is 6.20 Å². The Balaban J connectivity index is 1.63. The number of rotatable bonds is 3. The van der Waals surface area contributed by atoms with Crippen molar-refractivity contribution < 1.29 is 0 Å². The molecule has 4 rings (SSSR count). The quantitative estimate of drug-likeness (QED) is 0.572. The minimum Gasteiger partial charge on any atom is -0.371 e. The number of pyridine rings is 1. The molecule has 0 unspecified atom stereocenters. The van der Waals surface area contributed by atoms with Gasteiger partial charge >= 0.3 is 0 Å². The van der Waals surface area contributed by atoms with Gasteiger partial charge in [0.2, 0.25) is 0 Å². The summed E-state index contributed by atoms with van der Waals surface area (Å²) in [6, 6.07) is 17.2. The first-order chi connectivity index (χ1) is 12.8. The molecule has 0 saturated carbocycles. The smallest absolute Gasteiger partial charge is 0.0650 e. The predicted molar refractivity (Wildman–Crippen MR) is 113 cm³/mol. The maximum Gasteiger partial charge on any atom is 0.0650 e. The minimum absolute atomic E-state index is 1.03. The zero-order valence-corrected chi connectivity index (χ0v) is 15.5. The molecule has 1 aliphatic heterocycles. The highest BCUT2D eigenvalue weighted by molar-refractivity contribution is 5.92. The largest absolute Gasteiger partial charge is 0.371 e. The van der Waals surface area contributed by atoms with Crippen LogP contribution in [0.1, 0.15) is 42.5 Å². The molecule has 0 amide bonds. The Morgan fingerprint density at radius 2 is 1.65 bits per heavy atom. The van der Waals surface area contributed by atoms with Crippen molar-refractivity contribution in [3.8, 4) is 0 Å². The summed E-state index contributed by atoms with van der Waals surface area (Å²) in [5.41, 5.74) is 4.89. The van der Waals surface area contributed by atoms with Crippen LogP contribution in [0.2, 0.25) is 0 Å². The van der Waals surface area contributed by atoms with Gasteiger partial charge in [-0.3, -0.25) is 4.98 Å². The number of aromatic nitrogens is 1. The van der Waals surface area contributed by atoms with E-state index in [1.54, 1.807) is 0 Å². The maximum absolute atomic E-state index is 4.64. The number of benzene rings is 2. The highest BCUT2D eigenvalue weighted by atomic mass is 15.1. The zero-order valence-electron chi connectivity index (χ0n) is 15.5. The number of anilines is 1. The molecule has 2 nitrogen and oxygen atoms in total. The van der Waals surface area contributed by atoms with Crippen molar-refractivity contribution in [2.75, 3.05) is 18.0 Å². The Bertz CT molecular complexity index is 913. The van der Waals surface area contributed by atoms with E-state index >= 15 is 0 Å². The van der Waals surface area contributed by atoms with Crippen LogP contribution >= 0.6 is 0 Å². The number of nitrogens with zero attached hydrogens (tertiary/aromatic N) is 2. The fourth-order valence-corrected chi connectivity index (χ4v) is 3.84. The van der Waals surface area contributed by atoms with E-state index in [1.165, 1.54) is 53.3 Å². The Hall–Kier alpha value is -2.61. The van der Waals surface area contributed by atoms with Gasteiger partial charge in [0.25, 0.3) is 0 Å². The molecule has 2 aromatic carbocycles. The van der Waals surface area contributed by atoms with Gasteiger partial charge in [-0.05, 0) is 53.8 Å². The van der Waals surface area contributed by atoms with Crippen LogP contribution in [0, 0.1) is 6.92 Å². The lowest BCUT2D eigenvalue weighted by atomic mass is 10.0. The first-order valence-corrected chi connectivity index (χ1v) is 9.69. The van der Waals surface area contributed by atoms with Gasteiger partial charge in [0, 0.05) is 25.0 Å². The van der Waals surface area contributed by atoms with E-state index in [0.29, 0.717) is 0 Å². The second kappa shape index (κ2) is 7.74. The molecular weight excluding hydrogens is 316 g/mol.